The Kier molecular flexibility index (Phi) is 4.86. The van der Waals surface area contributed by atoms with E-state index in [1.54, 1.807) is 18.3 Å². The van der Waals surface area contributed by atoms with E-state index in [2.05, 4.69) is 34.3 Å². The molecule has 0 aliphatic heterocycles. The van der Waals surface area contributed by atoms with Crippen LogP contribution in [0.25, 0.3) is 10.6 Å². The highest BCUT2D eigenvalue weighted by molar-refractivity contribution is 7.17. The van der Waals surface area contributed by atoms with Crippen LogP contribution in [0.3, 0.4) is 0 Å². The number of anilines is 1. The van der Waals surface area contributed by atoms with Crippen LogP contribution in [0.1, 0.15) is 28.1 Å². The van der Waals surface area contributed by atoms with Crippen molar-refractivity contribution in [1.29, 1.82) is 0 Å². The van der Waals surface area contributed by atoms with Gasteiger partial charge in [0.2, 0.25) is 5.95 Å². The maximum Gasteiger partial charge on any atom is 0.261 e. The van der Waals surface area contributed by atoms with Crippen LogP contribution in [0.4, 0.5) is 5.95 Å². The molecule has 24 heavy (non-hydrogen) atoms. The first-order valence-electron chi connectivity index (χ1n) is 7.65. The molecule has 0 spiro atoms. The zero-order valence-corrected chi connectivity index (χ0v) is 14.1. The minimum Gasteiger partial charge on any atom is -0.368 e. The van der Waals surface area contributed by atoms with E-state index in [-0.39, 0.29) is 17.8 Å². The summed E-state index contributed by atoms with van der Waals surface area (Å²) in [6.07, 6.45) is 1.61. The second-order valence-electron chi connectivity index (χ2n) is 5.49. The van der Waals surface area contributed by atoms with Crippen LogP contribution < -0.4 is 11.1 Å². The van der Waals surface area contributed by atoms with Gasteiger partial charge in [-0.3, -0.25) is 4.79 Å². The Morgan fingerprint density at radius 1 is 1.21 bits per heavy atom. The highest BCUT2D eigenvalue weighted by atomic mass is 32.1. The number of amides is 1. The molecule has 2 heterocycles. The number of hydrogen-bond donors (Lipinski definition) is 2. The van der Waals surface area contributed by atoms with Gasteiger partial charge in [-0.15, -0.1) is 11.3 Å². The van der Waals surface area contributed by atoms with Gasteiger partial charge in [0, 0.05) is 12.7 Å². The monoisotopic (exact) mass is 338 g/mol. The second kappa shape index (κ2) is 7.23. The quantitative estimate of drug-likeness (QED) is 0.748. The smallest absolute Gasteiger partial charge is 0.261 e. The molecule has 6 heteroatoms. The number of carbonyl (C=O) groups excluding carboxylic acids is 1. The van der Waals surface area contributed by atoms with Crippen LogP contribution >= 0.6 is 11.3 Å². The number of nitrogens with two attached hydrogens (primary N) is 1. The van der Waals surface area contributed by atoms with E-state index >= 15 is 0 Å². The van der Waals surface area contributed by atoms with Gasteiger partial charge in [-0.05, 0) is 29.7 Å². The van der Waals surface area contributed by atoms with Crippen LogP contribution in [-0.2, 0) is 0 Å². The molecule has 0 radical (unpaired) electrons. The van der Waals surface area contributed by atoms with Gasteiger partial charge >= 0.3 is 0 Å². The van der Waals surface area contributed by atoms with Crippen molar-refractivity contribution in [1.82, 2.24) is 15.3 Å². The number of hydrogen-bond acceptors (Lipinski definition) is 5. The lowest BCUT2D eigenvalue weighted by atomic mass is 10.0. The van der Waals surface area contributed by atoms with E-state index in [4.69, 9.17) is 5.73 Å². The highest BCUT2D eigenvalue weighted by Crippen LogP contribution is 2.26. The number of benzene rings is 1. The molecule has 122 valence electrons. The molecule has 1 amide bonds. The summed E-state index contributed by atoms with van der Waals surface area (Å²) in [7, 11) is 0. The standard InChI is InChI=1S/C18H18N4OS/c1-12(13-5-3-2-4-6-13)11-21-17(23)16-8-7-15(24-16)14-9-10-20-18(19)22-14/h2-10,12H,11H2,1H3,(H,21,23)(H2,19,20,22)/t12-/m0/s1. The van der Waals surface area contributed by atoms with E-state index in [9.17, 15) is 4.79 Å². The Balaban J connectivity index is 1.64. The van der Waals surface area contributed by atoms with Crippen molar-refractivity contribution < 1.29 is 4.79 Å². The third-order valence-corrected chi connectivity index (χ3v) is 4.80. The predicted octanol–water partition coefficient (Wildman–Crippen LogP) is 3.32. The van der Waals surface area contributed by atoms with Crippen molar-refractivity contribution in [2.75, 3.05) is 12.3 Å². The number of carbonyl (C=O) groups is 1. The van der Waals surface area contributed by atoms with Gasteiger partial charge in [0.25, 0.3) is 5.91 Å². The van der Waals surface area contributed by atoms with E-state index in [1.165, 1.54) is 16.9 Å². The fraction of sp³-hybridized carbons (Fsp3) is 0.167. The second-order valence-corrected chi connectivity index (χ2v) is 6.57. The van der Waals surface area contributed by atoms with Crippen LogP contribution in [0.15, 0.2) is 54.7 Å². The third kappa shape index (κ3) is 3.78. The van der Waals surface area contributed by atoms with Crippen molar-refractivity contribution in [2.24, 2.45) is 0 Å². The molecule has 0 fully saturated rings. The van der Waals surface area contributed by atoms with Gasteiger partial charge in [0.1, 0.15) is 0 Å². The molecule has 1 atom stereocenters. The van der Waals surface area contributed by atoms with E-state index in [1.807, 2.05) is 24.3 Å². The summed E-state index contributed by atoms with van der Waals surface area (Å²) in [5, 5.41) is 2.99. The largest absolute Gasteiger partial charge is 0.368 e. The Morgan fingerprint density at radius 3 is 2.75 bits per heavy atom. The van der Waals surface area contributed by atoms with E-state index in [0.717, 1.165) is 10.6 Å². The lowest BCUT2D eigenvalue weighted by molar-refractivity contribution is 0.0955. The lowest BCUT2D eigenvalue weighted by Gasteiger charge is -2.12. The minimum atomic E-state index is -0.0731. The zero-order chi connectivity index (χ0) is 16.9. The van der Waals surface area contributed by atoms with Crippen molar-refractivity contribution in [2.45, 2.75) is 12.8 Å². The van der Waals surface area contributed by atoms with Crippen LogP contribution in [0.2, 0.25) is 0 Å². The Morgan fingerprint density at radius 2 is 2.00 bits per heavy atom. The first kappa shape index (κ1) is 16.1. The van der Waals surface area contributed by atoms with Crippen LogP contribution in [0.5, 0.6) is 0 Å². The maximum atomic E-state index is 12.3. The number of nitrogens with zero attached hydrogens (tertiary/aromatic N) is 2. The van der Waals surface area contributed by atoms with E-state index in [0.29, 0.717) is 11.4 Å². The predicted molar refractivity (Wildman–Crippen MR) is 96.9 cm³/mol. The summed E-state index contributed by atoms with van der Waals surface area (Å²) in [6.45, 7) is 2.69. The van der Waals surface area contributed by atoms with Gasteiger partial charge in [0.05, 0.1) is 15.4 Å². The highest BCUT2D eigenvalue weighted by Gasteiger charge is 2.13. The molecule has 3 N–H and O–H groups in total. The van der Waals surface area contributed by atoms with Crippen molar-refractivity contribution in [3.63, 3.8) is 0 Å². The van der Waals surface area contributed by atoms with Gasteiger partial charge < -0.3 is 11.1 Å². The summed E-state index contributed by atoms with van der Waals surface area (Å²) in [5.74, 6) is 0.413. The average Bonchev–Trinajstić information content (AvgIpc) is 3.10. The van der Waals surface area contributed by atoms with Crippen molar-refractivity contribution in [3.8, 4) is 10.6 Å². The summed E-state index contributed by atoms with van der Waals surface area (Å²) in [5.41, 5.74) is 7.54. The Labute approximate surface area is 144 Å². The van der Waals surface area contributed by atoms with Gasteiger partial charge in [-0.2, -0.15) is 0 Å². The number of nitrogen functional groups attached to an aromatic ring is 1. The first-order chi connectivity index (χ1) is 11.6. The average molecular weight is 338 g/mol. The Bertz CT molecular complexity index is 832. The maximum absolute atomic E-state index is 12.3. The summed E-state index contributed by atoms with van der Waals surface area (Å²) >= 11 is 1.39. The van der Waals surface area contributed by atoms with E-state index < -0.39 is 0 Å². The molecule has 0 bridgehead atoms. The summed E-state index contributed by atoms with van der Waals surface area (Å²) < 4.78 is 0. The normalized spacial score (nSPS) is 11.9. The first-order valence-corrected chi connectivity index (χ1v) is 8.47. The number of rotatable bonds is 5. The summed E-state index contributed by atoms with van der Waals surface area (Å²) in [4.78, 5) is 21.9. The van der Waals surface area contributed by atoms with Crippen LogP contribution in [0, 0.1) is 0 Å². The van der Waals surface area contributed by atoms with Gasteiger partial charge in [0.15, 0.2) is 0 Å². The molecule has 3 aromatic rings. The molecule has 5 nitrogen and oxygen atoms in total. The number of thiophene rings is 1. The molecular formula is C18H18N4OS. The lowest BCUT2D eigenvalue weighted by Crippen LogP contribution is -2.26. The van der Waals surface area contributed by atoms with Crippen molar-refractivity contribution >= 4 is 23.2 Å². The Hall–Kier alpha value is -2.73. The molecule has 0 saturated carbocycles. The van der Waals surface area contributed by atoms with Gasteiger partial charge in [-0.25, -0.2) is 9.97 Å². The topological polar surface area (TPSA) is 80.9 Å². The molecule has 1 aromatic carbocycles. The number of nitrogens with one attached hydrogen (secondary N) is 1. The molecule has 0 saturated heterocycles. The fourth-order valence-corrected chi connectivity index (χ4v) is 3.23. The molecule has 0 unspecified atom stereocenters. The zero-order valence-electron chi connectivity index (χ0n) is 13.3. The van der Waals surface area contributed by atoms with Crippen LogP contribution in [-0.4, -0.2) is 22.4 Å². The molecule has 0 aliphatic rings. The molecular weight excluding hydrogens is 320 g/mol. The van der Waals surface area contributed by atoms with Crippen molar-refractivity contribution in [3.05, 3.63) is 65.2 Å². The molecule has 2 aromatic heterocycles. The number of aromatic nitrogens is 2. The third-order valence-electron chi connectivity index (χ3n) is 3.69. The summed E-state index contributed by atoms with van der Waals surface area (Å²) in [6, 6.07) is 15.6. The molecule has 3 rings (SSSR count). The fourth-order valence-electron chi connectivity index (χ4n) is 2.34. The van der Waals surface area contributed by atoms with Gasteiger partial charge in [-0.1, -0.05) is 37.3 Å². The molecule has 0 aliphatic carbocycles. The minimum absolute atomic E-state index is 0.0731. The SMILES string of the molecule is C[C@@H](CNC(=O)c1ccc(-c2ccnc(N)n2)s1)c1ccccc1.